The monoisotopic (exact) mass is 334 g/mol. The molecule has 5 heteroatoms. The van der Waals surface area contributed by atoms with Crippen LogP contribution in [0.15, 0.2) is 18.2 Å². The zero-order valence-electron chi connectivity index (χ0n) is 15.3. The Labute approximate surface area is 145 Å². The Hall–Kier alpha value is -1.62. The number of nitrogens with zero attached hydrogens (tertiary/aromatic N) is 2. The maximum absolute atomic E-state index is 11.7. The zero-order valence-corrected chi connectivity index (χ0v) is 15.3. The largest absolute Gasteiger partial charge is 0.381 e. The van der Waals surface area contributed by atoms with Crippen LogP contribution in [-0.2, 0) is 4.74 Å². The van der Waals surface area contributed by atoms with Crippen molar-refractivity contribution in [2.75, 3.05) is 24.7 Å². The van der Waals surface area contributed by atoms with Gasteiger partial charge in [0.1, 0.15) is 5.69 Å². The van der Waals surface area contributed by atoms with Gasteiger partial charge in [0.15, 0.2) is 0 Å². The van der Waals surface area contributed by atoms with Crippen molar-refractivity contribution in [3.63, 3.8) is 0 Å². The standard InChI is InChI=1S/C19H30N2O3/c1-5-15(4)16-6-7-18(19(12-16)21(22)23)20(13-14(2)3)17-8-10-24-11-9-17/h6-7,12,14-15,17H,5,8-11,13H2,1-4H3/t15-/m1/s1. The van der Waals surface area contributed by atoms with Gasteiger partial charge in [-0.2, -0.15) is 0 Å². The molecule has 1 fully saturated rings. The molecule has 5 nitrogen and oxygen atoms in total. The van der Waals surface area contributed by atoms with Crippen molar-refractivity contribution in [2.45, 2.75) is 58.9 Å². The van der Waals surface area contributed by atoms with Crippen molar-refractivity contribution in [3.05, 3.63) is 33.9 Å². The van der Waals surface area contributed by atoms with Crippen LogP contribution in [0, 0.1) is 16.0 Å². The minimum Gasteiger partial charge on any atom is -0.381 e. The predicted molar refractivity (Wildman–Crippen MR) is 97.8 cm³/mol. The number of hydrogen-bond donors (Lipinski definition) is 0. The maximum Gasteiger partial charge on any atom is 0.292 e. The summed E-state index contributed by atoms with van der Waals surface area (Å²) >= 11 is 0. The van der Waals surface area contributed by atoms with Gasteiger partial charge in [-0.15, -0.1) is 0 Å². The second-order valence-corrected chi connectivity index (χ2v) is 7.20. The van der Waals surface area contributed by atoms with Gasteiger partial charge in [0, 0.05) is 31.9 Å². The molecule has 1 atom stereocenters. The number of ether oxygens (including phenoxy) is 1. The van der Waals surface area contributed by atoms with Crippen molar-refractivity contribution in [2.24, 2.45) is 5.92 Å². The van der Waals surface area contributed by atoms with E-state index >= 15 is 0 Å². The summed E-state index contributed by atoms with van der Waals surface area (Å²) in [6, 6.07) is 6.10. The fraction of sp³-hybridized carbons (Fsp3) is 0.684. The van der Waals surface area contributed by atoms with Gasteiger partial charge in [-0.25, -0.2) is 0 Å². The van der Waals surface area contributed by atoms with Crippen molar-refractivity contribution in [1.29, 1.82) is 0 Å². The Morgan fingerprint density at radius 3 is 2.50 bits per heavy atom. The molecular formula is C19H30N2O3. The molecule has 134 valence electrons. The Bertz CT molecular complexity index is 554. The molecule has 0 spiro atoms. The molecule has 1 aromatic carbocycles. The maximum atomic E-state index is 11.7. The van der Waals surface area contributed by atoms with E-state index in [2.05, 4.69) is 38.7 Å². The number of benzene rings is 1. The van der Waals surface area contributed by atoms with E-state index in [1.54, 1.807) is 6.07 Å². The highest BCUT2D eigenvalue weighted by Gasteiger charge is 2.28. The van der Waals surface area contributed by atoms with E-state index in [4.69, 9.17) is 4.74 Å². The van der Waals surface area contributed by atoms with Crippen LogP contribution in [0.5, 0.6) is 0 Å². The molecule has 0 N–H and O–H groups in total. The van der Waals surface area contributed by atoms with Gasteiger partial charge in [0.05, 0.1) is 4.92 Å². The van der Waals surface area contributed by atoms with E-state index in [1.165, 1.54) is 0 Å². The number of nitro groups is 1. The first-order valence-corrected chi connectivity index (χ1v) is 9.06. The lowest BCUT2D eigenvalue weighted by molar-refractivity contribution is -0.384. The average Bonchev–Trinajstić information content (AvgIpc) is 2.59. The third kappa shape index (κ3) is 4.47. The molecule has 0 saturated carbocycles. The summed E-state index contributed by atoms with van der Waals surface area (Å²) in [5.74, 6) is 0.779. The summed E-state index contributed by atoms with van der Waals surface area (Å²) in [5.41, 5.74) is 2.04. The zero-order chi connectivity index (χ0) is 17.7. The van der Waals surface area contributed by atoms with E-state index in [0.29, 0.717) is 17.9 Å². The fourth-order valence-electron chi connectivity index (χ4n) is 3.31. The third-order valence-corrected chi connectivity index (χ3v) is 4.88. The summed E-state index contributed by atoms with van der Waals surface area (Å²) in [5, 5.41) is 11.7. The van der Waals surface area contributed by atoms with Gasteiger partial charge in [0.2, 0.25) is 0 Å². The van der Waals surface area contributed by atoms with E-state index in [0.717, 1.165) is 50.3 Å². The summed E-state index contributed by atoms with van der Waals surface area (Å²) in [7, 11) is 0. The molecular weight excluding hydrogens is 304 g/mol. The lowest BCUT2D eigenvalue weighted by Gasteiger charge is -2.37. The molecule has 0 aliphatic carbocycles. The summed E-state index contributed by atoms with van der Waals surface area (Å²) in [6.45, 7) is 10.8. The smallest absolute Gasteiger partial charge is 0.292 e. The van der Waals surface area contributed by atoms with Gasteiger partial charge >= 0.3 is 0 Å². The molecule has 0 radical (unpaired) electrons. The Kier molecular flexibility index (Phi) is 6.60. The fourth-order valence-corrected chi connectivity index (χ4v) is 3.31. The molecule has 1 aliphatic heterocycles. The molecule has 0 bridgehead atoms. The first-order chi connectivity index (χ1) is 11.4. The summed E-state index contributed by atoms with van der Waals surface area (Å²) < 4.78 is 5.47. The van der Waals surface area contributed by atoms with Gasteiger partial charge < -0.3 is 9.64 Å². The van der Waals surface area contributed by atoms with Crippen molar-refractivity contribution < 1.29 is 9.66 Å². The van der Waals surface area contributed by atoms with Crippen molar-refractivity contribution in [1.82, 2.24) is 0 Å². The highest BCUT2D eigenvalue weighted by atomic mass is 16.6. The van der Waals surface area contributed by atoms with E-state index < -0.39 is 0 Å². The normalized spacial score (nSPS) is 17.0. The lowest BCUT2D eigenvalue weighted by atomic mass is 9.96. The van der Waals surface area contributed by atoms with Crippen LogP contribution in [0.4, 0.5) is 11.4 Å². The van der Waals surface area contributed by atoms with Crippen LogP contribution in [0.3, 0.4) is 0 Å². The quantitative estimate of drug-likeness (QED) is 0.533. The Morgan fingerprint density at radius 2 is 1.96 bits per heavy atom. The number of rotatable bonds is 7. The minimum atomic E-state index is -0.228. The number of nitro benzene ring substituents is 1. The molecule has 0 unspecified atom stereocenters. The average molecular weight is 334 g/mol. The first kappa shape index (κ1) is 18.7. The van der Waals surface area contributed by atoms with Crippen LogP contribution >= 0.6 is 0 Å². The first-order valence-electron chi connectivity index (χ1n) is 9.06. The van der Waals surface area contributed by atoms with E-state index in [9.17, 15) is 10.1 Å². The highest BCUT2D eigenvalue weighted by Crippen LogP contribution is 2.35. The van der Waals surface area contributed by atoms with Crippen LogP contribution in [0.25, 0.3) is 0 Å². The molecule has 1 aliphatic rings. The number of anilines is 1. The second-order valence-electron chi connectivity index (χ2n) is 7.20. The Balaban J connectivity index is 2.41. The highest BCUT2D eigenvalue weighted by molar-refractivity contribution is 5.65. The third-order valence-electron chi connectivity index (χ3n) is 4.88. The van der Waals surface area contributed by atoms with Gasteiger partial charge in [-0.05, 0) is 42.7 Å². The molecule has 1 aromatic rings. The van der Waals surface area contributed by atoms with Crippen molar-refractivity contribution in [3.8, 4) is 0 Å². The molecule has 24 heavy (non-hydrogen) atoms. The molecule has 0 amide bonds. The molecule has 1 saturated heterocycles. The second kappa shape index (κ2) is 8.47. The van der Waals surface area contributed by atoms with Crippen LogP contribution in [0.2, 0.25) is 0 Å². The minimum absolute atomic E-state index is 0.228. The van der Waals surface area contributed by atoms with Crippen LogP contribution in [-0.4, -0.2) is 30.7 Å². The van der Waals surface area contributed by atoms with Gasteiger partial charge in [-0.1, -0.05) is 33.8 Å². The summed E-state index contributed by atoms with van der Waals surface area (Å²) in [6.07, 6.45) is 2.83. The predicted octanol–water partition coefficient (Wildman–Crippen LogP) is 4.75. The molecule has 1 heterocycles. The van der Waals surface area contributed by atoms with Gasteiger partial charge in [0.25, 0.3) is 5.69 Å². The topological polar surface area (TPSA) is 55.6 Å². The van der Waals surface area contributed by atoms with E-state index in [-0.39, 0.29) is 10.6 Å². The van der Waals surface area contributed by atoms with Crippen LogP contribution in [0.1, 0.15) is 58.4 Å². The molecule has 0 aromatic heterocycles. The SMILES string of the molecule is CC[C@@H](C)c1ccc(N(CC(C)C)C2CCOCC2)c([N+](=O)[O-])c1. The van der Waals surface area contributed by atoms with Gasteiger partial charge in [-0.3, -0.25) is 10.1 Å². The molecule has 2 rings (SSSR count). The van der Waals surface area contributed by atoms with Crippen molar-refractivity contribution >= 4 is 11.4 Å². The Morgan fingerprint density at radius 1 is 1.29 bits per heavy atom. The van der Waals surface area contributed by atoms with E-state index in [1.807, 2.05) is 6.07 Å². The van der Waals surface area contributed by atoms with Crippen LogP contribution < -0.4 is 4.90 Å². The number of hydrogen-bond acceptors (Lipinski definition) is 4. The summed E-state index contributed by atoms with van der Waals surface area (Å²) in [4.78, 5) is 13.7. The lowest BCUT2D eigenvalue weighted by Crippen LogP contribution is -2.42.